The summed E-state index contributed by atoms with van der Waals surface area (Å²) >= 11 is 0. The van der Waals surface area contributed by atoms with Crippen LogP contribution in [0, 0.1) is 12.8 Å². The van der Waals surface area contributed by atoms with Gasteiger partial charge in [-0.2, -0.15) is 0 Å². The topological polar surface area (TPSA) is 87.7 Å². The van der Waals surface area contributed by atoms with Crippen molar-refractivity contribution in [2.24, 2.45) is 5.92 Å². The van der Waals surface area contributed by atoms with E-state index >= 15 is 0 Å². The van der Waals surface area contributed by atoms with Crippen molar-refractivity contribution in [3.8, 4) is 11.4 Å². The van der Waals surface area contributed by atoms with Crippen molar-refractivity contribution < 1.29 is 4.79 Å². The molecule has 0 saturated carbocycles. The number of pyridine rings is 1. The van der Waals surface area contributed by atoms with Crippen molar-refractivity contribution >= 4 is 5.91 Å². The second-order valence-corrected chi connectivity index (χ2v) is 6.54. The first-order valence-electron chi connectivity index (χ1n) is 8.72. The van der Waals surface area contributed by atoms with E-state index < -0.39 is 0 Å². The molecule has 0 fully saturated rings. The smallest absolute Gasteiger partial charge is 0.254 e. The lowest BCUT2D eigenvalue weighted by Crippen LogP contribution is -2.38. The van der Waals surface area contributed by atoms with Crippen LogP contribution in [0.5, 0.6) is 0 Å². The molecule has 2 aromatic heterocycles. The number of amides is 1. The molecule has 2 rings (SSSR count). The molecule has 2 heterocycles. The molecule has 0 spiro atoms. The van der Waals surface area contributed by atoms with Crippen LogP contribution in [0.3, 0.4) is 0 Å². The summed E-state index contributed by atoms with van der Waals surface area (Å²) in [6.45, 7) is 8.04. The molecule has 25 heavy (non-hydrogen) atoms. The van der Waals surface area contributed by atoms with Gasteiger partial charge in [-0.15, -0.1) is 0 Å². The predicted octanol–water partition coefficient (Wildman–Crippen LogP) is 2.62. The van der Waals surface area contributed by atoms with E-state index in [2.05, 4.69) is 41.0 Å². The summed E-state index contributed by atoms with van der Waals surface area (Å²) in [6, 6.07) is 3.75. The monoisotopic (exact) mass is 342 g/mol. The molecule has 0 aliphatic heterocycles. The lowest BCUT2D eigenvalue weighted by atomic mass is 10.0. The molecule has 0 aliphatic rings. The van der Waals surface area contributed by atoms with Crippen molar-refractivity contribution in [1.29, 1.82) is 0 Å². The summed E-state index contributed by atoms with van der Waals surface area (Å²) in [6.07, 6.45) is 4.86. The molecule has 0 bridgehead atoms. The quantitative estimate of drug-likeness (QED) is 0.809. The van der Waals surface area contributed by atoms with Crippen molar-refractivity contribution in [3.63, 3.8) is 0 Å². The minimum Gasteiger partial charge on any atom is -0.353 e. The van der Waals surface area contributed by atoms with Gasteiger partial charge in [0, 0.05) is 41.7 Å². The molecule has 2 aromatic rings. The van der Waals surface area contributed by atoms with Crippen LogP contribution < -0.4 is 10.9 Å². The standard InChI is InChI=1S/C19H26N4O2/c1-5-16(12(2)3)22-17(24)7-6-15-13(4)21-18(23-19(15)25)14-8-10-20-11-9-14/h8-12,16H,5-7H2,1-4H3,(H,22,24)(H,21,23,25)/t16-/m1/s1. The molecule has 1 amide bonds. The number of carbonyl (C=O) groups is 1. The van der Waals surface area contributed by atoms with Gasteiger partial charge in [0.15, 0.2) is 0 Å². The lowest BCUT2D eigenvalue weighted by Gasteiger charge is -2.20. The Hall–Kier alpha value is -2.50. The molecule has 1 atom stereocenters. The van der Waals surface area contributed by atoms with Crippen LogP contribution in [-0.4, -0.2) is 26.9 Å². The zero-order chi connectivity index (χ0) is 18.4. The van der Waals surface area contributed by atoms with E-state index in [4.69, 9.17) is 0 Å². The Morgan fingerprint density at radius 2 is 1.96 bits per heavy atom. The lowest BCUT2D eigenvalue weighted by molar-refractivity contribution is -0.122. The predicted molar refractivity (Wildman–Crippen MR) is 98.2 cm³/mol. The first kappa shape index (κ1) is 18.8. The van der Waals surface area contributed by atoms with E-state index in [0.717, 1.165) is 12.0 Å². The van der Waals surface area contributed by atoms with Gasteiger partial charge in [0.1, 0.15) is 5.82 Å². The molecular formula is C19H26N4O2. The minimum absolute atomic E-state index is 0.0300. The molecule has 0 aliphatic carbocycles. The highest BCUT2D eigenvalue weighted by Crippen LogP contribution is 2.13. The zero-order valence-electron chi connectivity index (χ0n) is 15.3. The number of aryl methyl sites for hydroxylation is 1. The maximum atomic E-state index is 12.4. The Morgan fingerprint density at radius 1 is 1.28 bits per heavy atom. The molecule has 0 radical (unpaired) electrons. The largest absolute Gasteiger partial charge is 0.353 e. The SMILES string of the molecule is CC[C@@H](NC(=O)CCc1c(C)nc(-c2ccncc2)[nH]c1=O)C(C)C. The van der Waals surface area contributed by atoms with E-state index in [1.165, 1.54) is 0 Å². The van der Waals surface area contributed by atoms with Gasteiger partial charge >= 0.3 is 0 Å². The number of nitrogens with zero attached hydrogens (tertiary/aromatic N) is 2. The summed E-state index contributed by atoms with van der Waals surface area (Å²) in [7, 11) is 0. The highest BCUT2D eigenvalue weighted by molar-refractivity contribution is 5.76. The molecule has 0 saturated heterocycles. The van der Waals surface area contributed by atoms with E-state index in [-0.39, 0.29) is 23.9 Å². The third kappa shape index (κ3) is 4.98. The van der Waals surface area contributed by atoms with E-state index in [0.29, 0.717) is 29.4 Å². The Morgan fingerprint density at radius 3 is 2.52 bits per heavy atom. The van der Waals surface area contributed by atoms with Gasteiger partial charge < -0.3 is 10.3 Å². The number of hydrogen-bond donors (Lipinski definition) is 2. The number of nitrogens with one attached hydrogen (secondary N) is 2. The maximum absolute atomic E-state index is 12.4. The van der Waals surface area contributed by atoms with Crippen LogP contribution in [0.2, 0.25) is 0 Å². The summed E-state index contributed by atoms with van der Waals surface area (Å²) in [5.74, 6) is 0.877. The summed E-state index contributed by atoms with van der Waals surface area (Å²) < 4.78 is 0. The number of aromatic nitrogens is 3. The first-order valence-corrected chi connectivity index (χ1v) is 8.72. The summed E-state index contributed by atoms with van der Waals surface area (Å²) in [5.41, 5.74) is 1.83. The number of aromatic amines is 1. The molecule has 6 heteroatoms. The molecule has 134 valence electrons. The van der Waals surface area contributed by atoms with Crippen molar-refractivity contribution in [2.75, 3.05) is 0 Å². The minimum atomic E-state index is -0.192. The van der Waals surface area contributed by atoms with E-state index in [1.807, 2.05) is 0 Å². The highest BCUT2D eigenvalue weighted by atomic mass is 16.1. The van der Waals surface area contributed by atoms with Gasteiger partial charge in [0.25, 0.3) is 5.56 Å². The Balaban J connectivity index is 2.08. The number of carbonyl (C=O) groups excluding carboxylic acids is 1. The molecule has 0 unspecified atom stereocenters. The highest BCUT2D eigenvalue weighted by Gasteiger charge is 2.16. The van der Waals surface area contributed by atoms with Gasteiger partial charge in [-0.3, -0.25) is 14.6 Å². The fraction of sp³-hybridized carbons (Fsp3) is 0.474. The van der Waals surface area contributed by atoms with Crippen molar-refractivity contribution in [3.05, 3.63) is 46.1 Å². The number of H-pyrrole nitrogens is 1. The van der Waals surface area contributed by atoms with Gasteiger partial charge in [-0.1, -0.05) is 20.8 Å². The first-order chi connectivity index (χ1) is 11.9. The van der Waals surface area contributed by atoms with Crippen LogP contribution >= 0.6 is 0 Å². The van der Waals surface area contributed by atoms with Gasteiger partial charge in [0.05, 0.1) is 0 Å². The van der Waals surface area contributed by atoms with Gasteiger partial charge in [-0.05, 0) is 37.8 Å². The Labute approximate surface area is 148 Å². The molecule has 0 aromatic carbocycles. The normalized spacial score (nSPS) is 12.2. The summed E-state index contributed by atoms with van der Waals surface area (Å²) in [5, 5.41) is 3.03. The fourth-order valence-corrected chi connectivity index (χ4v) is 2.81. The van der Waals surface area contributed by atoms with Crippen LogP contribution in [0.1, 0.15) is 44.9 Å². The Bertz CT molecular complexity index is 769. The number of rotatable bonds is 7. The Kier molecular flexibility index (Phi) is 6.44. The molecule has 2 N–H and O–H groups in total. The van der Waals surface area contributed by atoms with Gasteiger partial charge in [0.2, 0.25) is 5.91 Å². The van der Waals surface area contributed by atoms with Crippen LogP contribution in [0.15, 0.2) is 29.3 Å². The van der Waals surface area contributed by atoms with Crippen molar-refractivity contribution in [2.45, 2.75) is 53.0 Å². The average molecular weight is 342 g/mol. The zero-order valence-corrected chi connectivity index (χ0v) is 15.3. The molecular weight excluding hydrogens is 316 g/mol. The van der Waals surface area contributed by atoms with Gasteiger partial charge in [-0.25, -0.2) is 4.98 Å². The molecule has 6 nitrogen and oxygen atoms in total. The van der Waals surface area contributed by atoms with Crippen LogP contribution in [0.4, 0.5) is 0 Å². The second kappa shape index (κ2) is 8.55. The maximum Gasteiger partial charge on any atom is 0.254 e. The number of hydrogen-bond acceptors (Lipinski definition) is 4. The van der Waals surface area contributed by atoms with Crippen LogP contribution in [-0.2, 0) is 11.2 Å². The summed E-state index contributed by atoms with van der Waals surface area (Å²) in [4.78, 5) is 35.8. The van der Waals surface area contributed by atoms with Crippen molar-refractivity contribution in [1.82, 2.24) is 20.3 Å². The third-order valence-corrected chi connectivity index (χ3v) is 4.37. The van der Waals surface area contributed by atoms with Crippen LogP contribution in [0.25, 0.3) is 11.4 Å². The average Bonchev–Trinajstić information content (AvgIpc) is 2.59. The third-order valence-electron chi connectivity index (χ3n) is 4.37. The van der Waals surface area contributed by atoms with E-state index in [9.17, 15) is 9.59 Å². The fourth-order valence-electron chi connectivity index (χ4n) is 2.81. The second-order valence-electron chi connectivity index (χ2n) is 6.54. The van der Waals surface area contributed by atoms with E-state index in [1.54, 1.807) is 31.5 Å².